The molecule has 100 valence electrons. The minimum absolute atomic E-state index is 0.137. The van der Waals surface area contributed by atoms with E-state index in [1.165, 1.54) is 6.07 Å². The summed E-state index contributed by atoms with van der Waals surface area (Å²) in [6.45, 7) is 0. The average molecular weight is 267 g/mol. The average Bonchev–Trinajstić information content (AvgIpc) is 2.46. The predicted molar refractivity (Wildman–Crippen MR) is 76.4 cm³/mol. The number of hydrogen-bond acceptors (Lipinski definition) is 5. The SMILES string of the molecule is CN(c1cccc(C#N)c1)c1nc(C(N)=O)ccc1N. The molecule has 0 aliphatic rings. The van der Waals surface area contributed by atoms with E-state index in [0.717, 1.165) is 5.69 Å². The van der Waals surface area contributed by atoms with Crippen LogP contribution in [0.15, 0.2) is 36.4 Å². The molecule has 1 heterocycles. The highest BCUT2D eigenvalue weighted by molar-refractivity contribution is 5.92. The monoisotopic (exact) mass is 267 g/mol. The Balaban J connectivity index is 2.47. The number of aromatic nitrogens is 1. The van der Waals surface area contributed by atoms with Crippen LogP contribution in [0, 0.1) is 11.3 Å². The van der Waals surface area contributed by atoms with Crippen molar-refractivity contribution < 1.29 is 4.79 Å². The van der Waals surface area contributed by atoms with Gasteiger partial charge in [-0.05, 0) is 30.3 Å². The van der Waals surface area contributed by atoms with E-state index in [4.69, 9.17) is 16.7 Å². The number of amides is 1. The molecule has 0 saturated carbocycles. The van der Waals surface area contributed by atoms with Crippen LogP contribution in [-0.2, 0) is 0 Å². The third-order valence-corrected chi connectivity index (χ3v) is 2.84. The molecule has 0 unspecified atom stereocenters. The Hall–Kier alpha value is -3.07. The fraction of sp³-hybridized carbons (Fsp3) is 0.0714. The number of rotatable bonds is 3. The van der Waals surface area contributed by atoms with E-state index in [0.29, 0.717) is 17.1 Å². The zero-order valence-electron chi connectivity index (χ0n) is 10.9. The molecule has 1 amide bonds. The van der Waals surface area contributed by atoms with E-state index in [9.17, 15) is 4.79 Å². The molecule has 4 N–H and O–H groups in total. The van der Waals surface area contributed by atoms with Crippen molar-refractivity contribution in [3.8, 4) is 6.07 Å². The lowest BCUT2D eigenvalue weighted by molar-refractivity contribution is 0.0995. The van der Waals surface area contributed by atoms with Crippen molar-refractivity contribution in [2.45, 2.75) is 0 Å². The Labute approximate surface area is 116 Å². The van der Waals surface area contributed by atoms with Crippen LogP contribution in [0.25, 0.3) is 0 Å². The van der Waals surface area contributed by atoms with E-state index < -0.39 is 5.91 Å². The second-order valence-electron chi connectivity index (χ2n) is 4.19. The van der Waals surface area contributed by atoms with Crippen LogP contribution in [0.3, 0.4) is 0 Å². The number of carbonyl (C=O) groups is 1. The number of nitrogen functional groups attached to an aromatic ring is 1. The fourth-order valence-corrected chi connectivity index (χ4v) is 1.77. The van der Waals surface area contributed by atoms with Gasteiger partial charge in [-0.3, -0.25) is 4.79 Å². The van der Waals surface area contributed by atoms with E-state index in [1.807, 2.05) is 6.07 Å². The molecular formula is C14H13N5O. The van der Waals surface area contributed by atoms with Crippen LogP contribution in [0.2, 0.25) is 0 Å². The van der Waals surface area contributed by atoms with Crippen LogP contribution in [-0.4, -0.2) is 17.9 Å². The molecule has 0 aliphatic carbocycles. The van der Waals surface area contributed by atoms with Gasteiger partial charge in [0.05, 0.1) is 17.3 Å². The number of hydrogen-bond donors (Lipinski definition) is 2. The van der Waals surface area contributed by atoms with Crippen LogP contribution < -0.4 is 16.4 Å². The number of nitrogens with zero attached hydrogens (tertiary/aromatic N) is 3. The van der Waals surface area contributed by atoms with Crippen molar-refractivity contribution in [2.24, 2.45) is 5.73 Å². The molecule has 0 saturated heterocycles. The molecular weight excluding hydrogens is 254 g/mol. The summed E-state index contributed by atoms with van der Waals surface area (Å²) in [5, 5.41) is 8.92. The van der Waals surface area contributed by atoms with Gasteiger partial charge in [0.2, 0.25) is 0 Å². The molecule has 2 rings (SSSR count). The highest BCUT2D eigenvalue weighted by atomic mass is 16.1. The topological polar surface area (TPSA) is 109 Å². The molecule has 0 radical (unpaired) electrons. The Morgan fingerprint density at radius 1 is 1.35 bits per heavy atom. The molecule has 6 heteroatoms. The van der Waals surface area contributed by atoms with Crippen LogP contribution in [0.1, 0.15) is 16.1 Å². The minimum Gasteiger partial charge on any atom is -0.396 e. The Morgan fingerprint density at radius 3 is 2.75 bits per heavy atom. The summed E-state index contributed by atoms with van der Waals surface area (Å²) in [5.41, 5.74) is 12.9. The van der Waals surface area contributed by atoms with Crippen molar-refractivity contribution in [3.05, 3.63) is 47.7 Å². The number of carbonyl (C=O) groups excluding carboxylic acids is 1. The van der Waals surface area contributed by atoms with E-state index in [1.54, 1.807) is 36.2 Å². The normalized spacial score (nSPS) is 9.80. The van der Waals surface area contributed by atoms with Crippen molar-refractivity contribution in [3.63, 3.8) is 0 Å². The lowest BCUT2D eigenvalue weighted by Gasteiger charge is -2.20. The van der Waals surface area contributed by atoms with Gasteiger partial charge < -0.3 is 16.4 Å². The molecule has 0 spiro atoms. The maximum atomic E-state index is 11.2. The number of benzene rings is 1. The second-order valence-corrected chi connectivity index (χ2v) is 4.19. The van der Waals surface area contributed by atoms with Crippen molar-refractivity contribution in [1.29, 1.82) is 5.26 Å². The maximum Gasteiger partial charge on any atom is 0.267 e. The van der Waals surface area contributed by atoms with Gasteiger partial charge in [0.1, 0.15) is 5.69 Å². The number of anilines is 3. The molecule has 2 aromatic rings. The fourth-order valence-electron chi connectivity index (χ4n) is 1.77. The van der Waals surface area contributed by atoms with Crippen LogP contribution in [0.4, 0.5) is 17.2 Å². The van der Waals surface area contributed by atoms with Crippen molar-refractivity contribution in [2.75, 3.05) is 17.7 Å². The first-order chi connectivity index (χ1) is 9.52. The molecule has 0 atom stereocenters. The van der Waals surface area contributed by atoms with Crippen LogP contribution >= 0.6 is 0 Å². The second kappa shape index (κ2) is 5.28. The summed E-state index contributed by atoms with van der Waals surface area (Å²) in [4.78, 5) is 17.0. The number of nitrogens with two attached hydrogens (primary N) is 2. The maximum absolute atomic E-state index is 11.2. The highest BCUT2D eigenvalue weighted by Crippen LogP contribution is 2.27. The van der Waals surface area contributed by atoms with Gasteiger partial charge in [-0.15, -0.1) is 0 Å². The lowest BCUT2D eigenvalue weighted by Crippen LogP contribution is -2.18. The van der Waals surface area contributed by atoms with E-state index >= 15 is 0 Å². The van der Waals surface area contributed by atoms with Gasteiger partial charge >= 0.3 is 0 Å². The smallest absolute Gasteiger partial charge is 0.267 e. The third kappa shape index (κ3) is 2.52. The summed E-state index contributed by atoms with van der Waals surface area (Å²) in [6.07, 6.45) is 0. The molecule has 0 fully saturated rings. The summed E-state index contributed by atoms with van der Waals surface area (Å²) in [6, 6.07) is 12.1. The molecule has 1 aromatic heterocycles. The zero-order valence-corrected chi connectivity index (χ0v) is 10.9. The Morgan fingerprint density at radius 2 is 2.10 bits per heavy atom. The van der Waals surface area contributed by atoms with Crippen molar-refractivity contribution in [1.82, 2.24) is 4.98 Å². The predicted octanol–water partition coefficient (Wildman–Crippen LogP) is 1.40. The summed E-state index contributed by atoms with van der Waals surface area (Å²) < 4.78 is 0. The largest absolute Gasteiger partial charge is 0.396 e. The first-order valence-electron chi connectivity index (χ1n) is 5.83. The van der Waals surface area contributed by atoms with Crippen LogP contribution in [0.5, 0.6) is 0 Å². The molecule has 1 aromatic carbocycles. The number of pyridine rings is 1. The Bertz CT molecular complexity index is 705. The van der Waals surface area contributed by atoms with Gasteiger partial charge in [-0.25, -0.2) is 4.98 Å². The first-order valence-corrected chi connectivity index (χ1v) is 5.83. The molecule has 0 bridgehead atoms. The number of nitriles is 1. The van der Waals surface area contributed by atoms with E-state index in [-0.39, 0.29) is 5.69 Å². The van der Waals surface area contributed by atoms with Gasteiger partial charge in [-0.1, -0.05) is 6.07 Å². The van der Waals surface area contributed by atoms with Gasteiger partial charge in [-0.2, -0.15) is 5.26 Å². The lowest BCUT2D eigenvalue weighted by atomic mass is 10.2. The molecule has 0 aliphatic heterocycles. The summed E-state index contributed by atoms with van der Waals surface area (Å²) >= 11 is 0. The third-order valence-electron chi connectivity index (χ3n) is 2.84. The number of primary amides is 1. The first kappa shape index (κ1) is 13.4. The van der Waals surface area contributed by atoms with Crippen molar-refractivity contribution >= 4 is 23.1 Å². The van der Waals surface area contributed by atoms with Gasteiger partial charge in [0.15, 0.2) is 5.82 Å². The highest BCUT2D eigenvalue weighted by Gasteiger charge is 2.13. The molecule has 6 nitrogen and oxygen atoms in total. The molecule has 20 heavy (non-hydrogen) atoms. The van der Waals surface area contributed by atoms with Gasteiger partial charge in [0, 0.05) is 12.7 Å². The van der Waals surface area contributed by atoms with Gasteiger partial charge in [0.25, 0.3) is 5.91 Å². The Kier molecular flexibility index (Phi) is 3.53. The minimum atomic E-state index is -0.620. The quantitative estimate of drug-likeness (QED) is 0.873. The summed E-state index contributed by atoms with van der Waals surface area (Å²) in [5.74, 6) is -0.207. The zero-order chi connectivity index (χ0) is 14.7. The summed E-state index contributed by atoms with van der Waals surface area (Å²) in [7, 11) is 1.75. The standard InChI is InChI=1S/C14H13N5O/c1-19(10-4-2-3-9(7-10)8-15)14-11(16)5-6-12(18-14)13(17)20/h2-7H,16H2,1H3,(H2,17,20). The van der Waals surface area contributed by atoms with E-state index in [2.05, 4.69) is 11.1 Å².